The van der Waals surface area contributed by atoms with E-state index in [0.29, 0.717) is 4.90 Å². The van der Waals surface area contributed by atoms with Crippen molar-refractivity contribution in [1.29, 1.82) is 0 Å². The van der Waals surface area contributed by atoms with Crippen LogP contribution in [0.15, 0.2) is 17.0 Å². The highest BCUT2D eigenvalue weighted by Crippen LogP contribution is 2.16. The number of hydrogen-bond donors (Lipinski definition) is 0. The van der Waals surface area contributed by atoms with Gasteiger partial charge in [0.25, 0.3) is 0 Å². The van der Waals surface area contributed by atoms with Crippen LogP contribution in [0.1, 0.15) is 0 Å². The zero-order valence-corrected chi connectivity index (χ0v) is 6.08. The van der Waals surface area contributed by atoms with E-state index in [4.69, 9.17) is 0 Å². The molecule has 0 aromatic carbocycles. The number of nitrogens with zero attached hydrogens (tertiary/aromatic N) is 1. The number of halogens is 2. The zero-order chi connectivity index (χ0) is 7.56. The molecule has 54 valence electrons. The van der Waals surface area contributed by atoms with E-state index >= 15 is 0 Å². The molecule has 0 saturated heterocycles. The molecule has 0 radical (unpaired) electrons. The van der Waals surface area contributed by atoms with Crippen molar-refractivity contribution in [3.8, 4) is 0 Å². The molecule has 0 spiro atoms. The molecule has 0 aliphatic carbocycles. The lowest BCUT2D eigenvalue weighted by Gasteiger charge is -1.95. The summed E-state index contributed by atoms with van der Waals surface area (Å²) >= 11 is 1.20. The number of thioether (sulfide) groups is 1. The molecule has 4 heteroatoms. The molecule has 0 saturated carbocycles. The van der Waals surface area contributed by atoms with Crippen molar-refractivity contribution in [1.82, 2.24) is 4.98 Å². The molecule has 1 heterocycles. The SMILES string of the molecule is CSc1ccc(F)nc1F. The zero-order valence-electron chi connectivity index (χ0n) is 5.27. The second kappa shape index (κ2) is 2.96. The van der Waals surface area contributed by atoms with Crippen molar-refractivity contribution in [3.63, 3.8) is 0 Å². The molecular formula is C6H5F2NS. The summed E-state index contributed by atoms with van der Waals surface area (Å²) in [4.78, 5) is 3.35. The van der Waals surface area contributed by atoms with Crippen molar-refractivity contribution >= 4 is 11.8 Å². The van der Waals surface area contributed by atoms with Crippen LogP contribution in [0.2, 0.25) is 0 Å². The quantitative estimate of drug-likeness (QED) is 0.462. The van der Waals surface area contributed by atoms with E-state index in [9.17, 15) is 8.78 Å². The molecule has 0 fully saturated rings. The Kier molecular flexibility index (Phi) is 2.21. The summed E-state index contributed by atoms with van der Waals surface area (Å²) in [6, 6.07) is 2.50. The first-order valence-corrected chi connectivity index (χ1v) is 3.82. The third-order valence-corrected chi connectivity index (χ3v) is 1.74. The summed E-state index contributed by atoms with van der Waals surface area (Å²) in [6.45, 7) is 0. The van der Waals surface area contributed by atoms with Crippen LogP contribution >= 0.6 is 11.8 Å². The summed E-state index contributed by atoms with van der Waals surface area (Å²) in [7, 11) is 0. The fourth-order valence-corrected chi connectivity index (χ4v) is 0.970. The van der Waals surface area contributed by atoms with E-state index in [-0.39, 0.29) is 0 Å². The fourth-order valence-electron chi connectivity index (χ4n) is 0.552. The van der Waals surface area contributed by atoms with Gasteiger partial charge in [-0.25, -0.2) is 0 Å². The van der Waals surface area contributed by atoms with Crippen LogP contribution in [-0.2, 0) is 0 Å². The van der Waals surface area contributed by atoms with Gasteiger partial charge in [0.1, 0.15) is 0 Å². The molecular weight excluding hydrogens is 156 g/mol. The van der Waals surface area contributed by atoms with Gasteiger partial charge in [-0.1, -0.05) is 0 Å². The highest BCUT2D eigenvalue weighted by molar-refractivity contribution is 7.98. The second-order valence-corrected chi connectivity index (χ2v) is 2.48. The lowest BCUT2D eigenvalue weighted by molar-refractivity contribution is 0.495. The summed E-state index contributed by atoms with van der Waals surface area (Å²) in [5.41, 5.74) is 0. The second-order valence-electron chi connectivity index (χ2n) is 1.63. The highest BCUT2D eigenvalue weighted by Gasteiger charge is 2.01. The first-order valence-electron chi connectivity index (χ1n) is 2.60. The first-order chi connectivity index (χ1) is 4.74. The molecule has 0 amide bonds. The third-order valence-electron chi connectivity index (χ3n) is 1.00. The normalized spacial score (nSPS) is 9.90. The van der Waals surface area contributed by atoms with E-state index in [2.05, 4.69) is 4.98 Å². The van der Waals surface area contributed by atoms with Gasteiger partial charge in [0, 0.05) is 0 Å². The van der Waals surface area contributed by atoms with E-state index < -0.39 is 11.9 Å². The van der Waals surface area contributed by atoms with Crippen molar-refractivity contribution in [2.75, 3.05) is 6.26 Å². The Morgan fingerprint density at radius 2 is 2.10 bits per heavy atom. The molecule has 0 N–H and O–H groups in total. The first kappa shape index (κ1) is 7.47. The van der Waals surface area contributed by atoms with Crippen LogP contribution in [0.4, 0.5) is 8.78 Å². The molecule has 0 atom stereocenters. The van der Waals surface area contributed by atoms with Crippen LogP contribution < -0.4 is 0 Å². The van der Waals surface area contributed by atoms with E-state index in [0.717, 1.165) is 6.07 Å². The fraction of sp³-hybridized carbons (Fsp3) is 0.167. The standard InChI is InChI=1S/C6H5F2NS/c1-10-4-2-3-5(7)9-6(4)8/h2-3H,1H3. The van der Waals surface area contributed by atoms with Crippen LogP contribution in [0.3, 0.4) is 0 Å². The van der Waals surface area contributed by atoms with Gasteiger partial charge >= 0.3 is 0 Å². The highest BCUT2D eigenvalue weighted by atomic mass is 32.2. The topological polar surface area (TPSA) is 12.9 Å². The van der Waals surface area contributed by atoms with Crippen molar-refractivity contribution in [3.05, 3.63) is 24.0 Å². The predicted molar refractivity (Wildman–Crippen MR) is 35.9 cm³/mol. The van der Waals surface area contributed by atoms with Gasteiger partial charge in [0.05, 0.1) is 4.90 Å². The third kappa shape index (κ3) is 1.44. The molecule has 10 heavy (non-hydrogen) atoms. The van der Waals surface area contributed by atoms with E-state index in [1.807, 2.05) is 0 Å². The Hall–Kier alpha value is -0.640. The minimum absolute atomic E-state index is 0.362. The van der Waals surface area contributed by atoms with Crippen molar-refractivity contribution in [2.24, 2.45) is 0 Å². The summed E-state index contributed by atoms with van der Waals surface area (Å²) < 4.78 is 24.6. The molecule has 0 unspecified atom stereocenters. The predicted octanol–water partition coefficient (Wildman–Crippen LogP) is 2.08. The Labute approximate surface area is 61.5 Å². The van der Waals surface area contributed by atoms with E-state index in [1.165, 1.54) is 17.8 Å². The molecule has 1 aromatic heterocycles. The Morgan fingerprint density at radius 3 is 2.60 bits per heavy atom. The minimum Gasteiger partial charge on any atom is -0.190 e. The van der Waals surface area contributed by atoms with Crippen LogP contribution in [0.5, 0.6) is 0 Å². The lowest BCUT2D eigenvalue weighted by Crippen LogP contribution is -1.89. The van der Waals surface area contributed by atoms with Crippen molar-refractivity contribution in [2.45, 2.75) is 4.90 Å². The monoisotopic (exact) mass is 161 g/mol. The van der Waals surface area contributed by atoms with Crippen LogP contribution in [0.25, 0.3) is 0 Å². The largest absolute Gasteiger partial charge is 0.229 e. The lowest BCUT2D eigenvalue weighted by atomic mass is 10.5. The Balaban J connectivity index is 3.07. The van der Waals surface area contributed by atoms with Gasteiger partial charge in [-0.2, -0.15) is 13.8 Å². The van der Waals surface area contributed by atoms with Gasteiger partial charge in [-0.15, -0.1) is 11.8 Å². The summed E-state index contributed by atoms with van der Waals surface area (Å²) in [5, 5.41) is 0. The number of aromatic nitrogens is 1. The average molecular weight is 161 g/mol. The molecule has 0 aliphatic heterocycles. The number of pyridine rings is 1. The average Bonchev–Trinajstić information content (AvgIpc) is 1.88. The maximum Gasteiger partial charge on any atom is 0.229 e. The van der Waals surface area contributed by atoms with E-state index in [1.54, 1.807) is 6.26 Å². The Bertz CT molecular complexity index is 239. The molecule has 0 bridgehead atoms. The molecule has 1 rings (SSSR count). The smallest absolute Gasteiger partial charge is 0.190 e. The van der Waals surface area contributed by atoms with Crippen molar-refractivity contribution < 1.29 is 8.78 Å². The van der Waals surface area contributed by atoms with Gasteiger partial charge in [0.2, 0.25) is 11.9 Å². The minimum atomic E-state index is -0.782. The van der Waals surface area contributed by atoms with Gasteiger partial charge in [0.15, 0.2) is 0 Å². The van der Waals surface area contributed by atoms with Gasteiger partial charge in [-0.05, 0) is 18.4 Å². The van der Waals surface area contributed by atoms with Gasteiger partial charge in [-0.3, -0.25) is 0 Å². The summed E-state index contributed by atoms with van der Waals surface area (Å²) in [5.74, 6) is -1.53. The molecule has 0 aliphatic rings. The Morgan fingerprint density at radius 1 is 1.40 bits per heavy atom. The maximum absolute atomic E-state index is 12.5. The molecule has 1 aromatic rings. The number of rotatable bonds is 1. The van der Waals surface area contributed by atoms with Crippen LogP contribution in [0, 0.1) is 11.9 Å². The maximum atomic E-state index is 12.5. The van der Waals surface area contributed by atoms with Crippen LogP contribution in [-0.4, -0.2) is 11.2 Å². The molecule has 1 nitrogen and oxygen atoms in total. The number of hydrogen-bond acceptors (Lipinski definition) is 2. The van der Waals surface area contributed by atoms with Gasteiger partial charge < -0.3 is 0 Å². The summed E-state index contributed by atoms with van der Waals surface area (Å²) in [6.07, 6.45) is 1.71.